The number of hydrogen-bond acceptors (Lipinski definition) is 4. The summed E-state index contributed by atoms with van der Waals surface area (Å²) in [5, 5.41) is 8.90. The number of amides is 1. The Bertz CT molecular complexity index is 707. The van der Waals surface area contributed by atoms with Gasteiger partial charge in [-0.25, -0.2) is 8.42 Å². The predicted molar refractivity (Wildman–Crippen MR) is 76.6 cm³/mol. The number of nitrogens with two attached hydrogens (primary N) is 1. The van der Waals surface area contributed by atoms with Crippen molar-refractivity contribution >= 4 is 15.9 Å². The molecule has 1 unspecified atom stereocenters. The Labute approximate surface area is 124 Å². The highest BCUT2D eigenvalue weighted by molar-refractivity contribution is 7.89. The largest absolute Gasteiger partial charge is 0.369 e. The van der Waals surface area contributed by atoms with E-state index < -0.39 is 21.8 Å². The topological polar surface area (TPSA) is 104 Å². The van der Waals surface area contributed by atoms with Crippen molar-refractivity contribution in [2.45, 2.75) is 24.7 Å². The summed E-state index contributed by atoms with van der Waals surface area (Å²) in [6.45, 7) is 2.20. The van der Waals surface area contributed by atoms with E-state index >= 15 is 0 Å². The fourth-order valence-corrected chi connectivity index (χ4v) is 4.07. The molecule has 0 saturated carbocycles. The van der Waals surface area contributed by atoms with Crippen molar-refractivity contribution in [2.75, 3.05) is 13.1 Å². The fraction of sp³-hybridized carbons (Fsp3) is 0.429. The van der Waals surface area contributed by atoms with Crippen molar-refractivity contribution in [2.24, 2.45) is 11.7 Å². The van der Waals surface area contributed by atoms with Crippen LogP contribution in [-0.4, -0.2) is 31.7 Å². The predicted octanol–water partition coefficient (Wildman–Crippen LogP) is 0.753. The van der Waals surface area contributed by atoms with Crippen molar-refractivity contribution in [3.8, 4) is 6.07 Å². The first-order chi connectivity index (χ1) is 9.86. The Hall–Kier alpha value is -1.91. The minimum Gasteiger partial charge on any atom is -0.369 e. The van der Waals surface area contributed by atoms with Crippen molar-refractivity contribution in [3.05, 3.63) is 29.3 Å². The molecule has 0 bridgehead atoms. The molecule has 112 valence electrons. The smallest absolute Gasteiger partial charge is 0.243 e. The number of aryl methyl sites for hydroxylation is 1. The third-order valence-corrected chi connectivity index (χ3v) is 5.60. The number of rotatable bonds is 3. The van der Waals surface area contributed by atoms with Gasteiger partial charge < -0.3 is 5.73 Å². The number of nitrogens with zero attached hydrogens (tertiary/aromatic N) is 2. The molecule has 0 aromatic heterocycles. The van der Waals surface area contributed by atoms with Gasteiger partial charge in [0.1, 0.15) is 0 Å². The van der Waals surface area contributed by atoms with E-state index in [1.807, 2.05) is 6.07 Å². The summed E-state index contributed by atoms with van der Waals surface area (Å²) in [7, 11) is -3.66. The highest BCUT2D eigenvalue weighted by Gasteiger charge is 2.32. The minimum atomic E-state index is -3.66. The Balaban J connectivity index is 2.32. The second-order valence-electron chi connectivity index (χ2n) is 5.19. The molecule has 1 heterocycles. The lowest BCUT2D eigenvalue weighted by molar-refractivity contribution is -0.122. The van der Waals surface area contributed by atoms with Gasteiger partial charge in [0.2, 0.25) is 15.9 Å². The van der Waals surface area contributed by atoms with E-state index in [2.05, 4.69) is 0 Å². The summed E-state index contributed by atoms with van der Waals surface area (Å²) in [4.78, 5) is 11.4. The molecule has 1 saturated heterocycles. The Kier molecular flexibility index (Phi) is 4.30. The molecule has 1 aromatic rings. The number of hydrogen-bond donors (Lipinski definition) is 1. The number of nitriles is 1. The molecule has 0 aliphatic carbocycles. The van der Waals surface area contributed by atoms with E-state index in [1.165, 1.54) is 22.5 Å². The second-order valence-corrected chi connectivity index (χ2v) is 7.13. The Morgan fingerprint density at radius 1 is 1.48 bits per heavy atom. The average molecular weight is 307 g/mol. The summed E-state index contributed by atoms with van der Waals surface area (Å²) in [5.74, 6) is -0.904. The van der Waals surface area contributed by atoms with E-state index in [9.17, 15) is 13.2 Å². The van der Waals surface area contributed by atoms with Crippen LogP contribution in [-0.2, 0) is 14.8 Å². The standard InChI is InChI=1S/C14H17N3O3S/c1-10-7-13(5-4-11(10)8-15)21(19,20)17-6-2-3-12(9-17)14(16)18/h4-5,7,12H,2-3,6,9H2,1H3,(H2,16,18). The first kappa shape index (κ1) is 15.5. The number of sulfonamides is 1. The molecule has 0 spiro atoms. The van der Waals surface area contributed by atoms with Crippen LogP contribution in [0.1, 0.15) is 24.0 Å². The van der Waals surface area contributed by atoms with Gasteiger partial charge in [0.25, 0.3) is 0 Å². The molecule has 1 fully saturated rings. The highest BCUT2D eigenvalue weighted by atomic mass is 32.2. The van der Waals surface area contributed by atoms with Gasteiger partial charge in [-0.2, -0.15) is 9.57 Å². The molecule has 1 aromatic carbocycles. The van der Waals surface area contributed by atoms with Gasteiger partial charge >= 0.3 is 0 Å². The van der Waals surface area contributed by atoms with Crippen LogP contribution in [0.15, 0.2) is 23.1 Å². The van der Waals surface area contributed by atoms with Crippen LogP contribution in [0.25, 0.3) is 0 Å². The zero-order valence-electron chi connectivity index (χ0n) is 11.7. The molecule has 6 nitrogen and oxygen atoms in total. The third kappa shape index (κ3) is 3.06. The Morgan fingerprint density at radius 3 is 2.76 bits per heavy atom. The van der Waals surface area contributed by atoms with Crippen LogP contribution in [0, 0.1) is 24.2 Å². The van der Waals surface area contributed by atoms with Crippen LogP contribution in [0.2, 0.25) is 0 Å². The van der Waals surface area contributed by atoms with Crippen LogP contribution in [0.3, 0.4) is 0 Å². The van der Waals surface area contributed by atoms with Gasteiger partial charge in [0, 0.05) is 13.1 Å². The van der Waals surface area contributed by atoms with E-state index in [0.717, 1.165) is 0 Å². The number of benzene rings is 1. The number of primary amides is 1. The Morgan fingerprint density at radius 2 is 2.19 bits per heavy atom. The number of carbonyl (C=O) groups is 1. The molecular weight excluding hydrogens is 290 g/mol. The van der Waals surface area contributed by atoms with Gasteiger partial charge in [-0.05, 0) is 43.5 Å². The number of piperidine rings is 1. The summed E-state index contributed by atoms with van der Waals surface area (Å²) in [6, 6.07) is 6.42. The first-order valence-corrected chi connectivity index (χ1v) is 8.10. The lowest BCUT2D eigenvalue weighted by atomic mass is 9.99. The van der Waals surface area contributed by atoms with Gasteiger partial charge in [0.05, 0.1) is 22.4 Å². The molecule has 0 radical (unpaired) electrons. The van der Waals surface area contributed by atoms with Crippen LogP contribution < -0.4 is 5.73 Å². The van der Waals surface area contributed by atoms with Crippen molar-refractivity contribution in [1.82, 2.24) is 4.31 Å². The summed E-state index contributed by atoms with van der Waals surface area (Å²) < 4.78 is 26.5. The monoisotopic (exact) mass is 307 g/mol. The molecule has 21 heavy (non-hydrogen) atoms. The van der Waals surface area contributed by atoms with Crippen molar-refractivity contribution < 1.29 is 13.2 Å². The molecule has 7 heteroatoms. The third-order valence-electron chi connectivity index (χ3n) is 3.74. The second kappa shape index (κ2) is 5.84. The van der Waals surface area contributed by atoms with Gasteiger partial charge in [-0.15, -0.1) is 0 Å². The first-order valence-electron chi connectivity index (χ1n) is 6.66. The van der Waals surface area contributed by atoms with Crippen LogP contribution in [0.5, 0.6) is 0 Å². The summed E-state index contributed by atoms with van der Waals surface area (Å²) >= 11 is 0. The van der Waals surface area contributed by atoms with E-state index in [-0.39, 0.29) is 11.4 Å². The minimum absolute atomic E-state index is 0.122. The normalized spacial score (nSPS) is 19.9. The maximum absolute atomic E-state index is 12.6. The lowest BCUT2D eigenvalue weighted by Gasteiger charge is -2.30. The van der Waals surface area contributed by atoms with E-state index in [0.29, 0.717) is 30.5 Å². The lowest BCUT2D eigenvalue weighted by Crippen LogP contribution is -2.44. The molecule has 1 aliphatic heterocycles. The maximum Gasteiger partial charge on any atom is 0.243 e. The van der Waals surface area contributed by atoms with Crippen LogP contribution >= 0.6 is 0 Å². The summed E-state index contributed by atoms with van der Waals surface area (Å²) in [5.41, 5.74) is 6.34. The molecule has 2 N–H and O–H groups in total. The maximum atomic E-state index is 12.6. The van der Waals surface area contributed by atoms with Crippen LogP contribution in [0.4, 0.5) is 0 Å². The molecule has 1 amide bonds. The molecule has 2 rings (SSSR count). The molecule has 1 aliphatic rings. The van der Waals surface area contributed by atoms with Gasteiger partial charge in [0.15, 0.2) is 0 Å². The van der Waals surface area contributed by atoms with Gasteiger partial charge in [-0.1, -0.05) is 0 Å². The fourth-order valence-electron chi connectivity index (χ4n) is 2.46. The molecular formula is C14H17N3O3S. The van der Waals surface area contributed by atoms with Gasteiger partial charge in [-0.3, -0.25) is 4.79 Å². The van der Waals surface area contributed by atoms with E-state index in [4.69, 9.17) is 11.0 Å². The average Bonchev–Trinajstić information content (AvgIpc) is 2.47. The number of carbonyl (C=O) groups excluding carboxylic acids is 1. The van der Waals surface area contributed by atoms with Crippen molar-refractivity contribution in [1.29, 1.82) is 5.26 Å². The quantitative estimate of drug-likeness (QED) is 0.889. The highest BCUT2D eigenvalue weighted by Crippen LogP contribution is 2.24. The zero-order valence-corrected chi connectivity index (χ0v) is 12.6. The SMILES string of the molecule is Cc1cc(S(=O)(=O)N2CCCC(C(N)=O)C2)ccc1C#N. The van der Waals surface area contributed by atoms with Crippen molar-refractivity contribution in [3.63, 3.8) is 0 Å². The molecule has 1 atom stereocenters. The zero-order chi connectivity index (χ0) is 15.6. The van der Waals surface area contributed by atoms with E-state index in [1.54, 1.807) is 6.92 Å². The summed E-state index contributed by atoms with van der Waals surface area (Å²) in [6.07, 6.45) is 1.23.